The van der Waals surface area contributed by atoms with Crippen molar-refractivity contribution in [2.45, 2.75) is 61.3 Å². The van der Waals surface area contributed by atoms with Crippen LogP contribution >= 0.6 is 0 Å². The van der Waals surface area contributed by atoms with Crippen molar-refractivity contribution >= 4 is 28.3 Å². The molecule has 2 aliphatic rings. The van der Waals surface area contributed by atoms with Gasteiger partial charge in [-0.1, -0.05) is 12.1 Å². The molecule has 218 valence electrons. The van der Waals surface area contributed by atoms with Gasteiger partial charge in [0.15, 0.2) is 12.4 Å². The number of aliphatic hydroxyl groups excluding tert-OH is 5. The first-order chi connectivity index (χ1) is 18.2. The van der Waals surface area contributed by atoms with E-state index in [2.05, 4.69) is 0 Å². The minimum Gasteiger partial charge on any atom is -0.479 e. The standard InChI is InChI=1S/C21H27NO16S/c23-7-10-13(26)14(27)12(22-39(32,33)34)20(36-10)37-17-15(28)16(29)21(38-18(17)19(30)31)35-9-4-1-8(2-5-9)3-6-11(24)25/h1-6,10,12-18,20-23,26-29H,7H2,(H,24,25)(H,30,31)(H,32,33,34)/b6-3+/t10-,12-,13-,14-,15-,16-,17+,18+,20-,21-/m1/s1. The summed E-state index contributed by atoms with van der Waals surface area (Å²) in [6.45, 7) is -0.897. The average Bonchev–Trinajstić information content (AvgIpc) is 2.86. The van der Waals surface area contributed by atoms with Crippen molar-refractivity contribution in [1.82, 2.24) is 4.72 Å². The maximum Gasteiger partial charge on any atom is 0.335 e. The second-order valence-electron chi connectivity index (χ2n) is 8.53. The molecule has 2 heterocycles. The van der Waals surface area contributed by atoms with E-state index in [1.807, 2.05) is 0 Å². The molecule has 1 aromatic rings. The zero-order valence-electron chi connectivity index (χ0n) is 19.7. The van der Waals surface area contributed by atoms with Crippen LogP contribution in [0.5, 0.6) is 5.75 Å². The normalized spacial score (nSPS) is 35.5. The quantitative estimate of drug-likeness (QED) is 0.0948. The fourth-order valence-corrected chi connectivity index (χ4v) is 4.49. The van der Waals surface area contributed by atoms with Crippen molar-refractivity contribution in [3.63, 3.8) is 0 Å². The van der Waals surface area contributed by atoms with E-state index < -0.39 is 90.2 Å². The Bertz CT molecular complexity index is 1140. The Kier molecular flexibility index (Phi) is 9.96. The Balaban J connectivity index is 1.80. The highest BCUT2D eigenvalue weighted by atomic mass is 32.2. The van der Waals surface area contributed by atoms with Crippen LogP contribution in [0.4, 0.5) is 0 Å². The minimum atomic E-state index is -5.04. The predicted molar refractivity (Wildman–Crippen MR) is 123 cm³/mol. The van der Waals surface area contributed by atoms with Crippen LogP contribution in [0.15, 0.2) is 30.3 Å². The number of benzene rings is 1. The first-order valence-corrected chi connectivity index (χ1v) is 12.6. The van der Waals surface area contributed by atoms with Gasteiger partial charge in [-0.25, -0.2) is 9.59 Å². The van der Waals surface area contributed by atoms with Crippen LogP contribution in [0.1, 0.15) is 5.56 Å². The van der Waals surface area contributed by atoms with E-state index in [-0.39, 0.29) is 5.75 Å². The van der Waals surface area contributed by atoms with Gasteiger partial charge in [0.2, 0.25) is 6.29 Å². The first-order valence-electron chi connectivity index (χ1n) is 11.2. The summed E-state index contributed by atoms with van der Waals surface area (Å²) in [6, 6.07) is 3.64. The Morgan fingerprint density at radius 2 is 1.59 bits per heavy atom. The lowest BCUT2D eigenvalue weighted by Gasteiger charge is -2.46. The van der Waals surface area contributed by atoms with Crippen molar-refractivity contribution in [3.05, 3.63) is 35.9 Å². The molecule has 39 heavy (non-hydrogen) atoms. The third-order valence-electron chi connectivity index (χ3n) is 5.80. The summed E-state index contributed by atoms with van der Waals surface area (Å²) < 4.78 is 54.8. The Morgan fingerprint density at radius 3 is 2.13 bits per heavy atom. The third kappa shape index (κ3) is 7.68. The molecular formula is C21H27NO16S. The Hall–Kier alpha value is -2.75. The van der Waals surface area contributed by atoms with Gasteiger partial charge in [0.1, 0.15) is 48.4 Å². The van der Waals surface area contributed by atoms with Crippen molar-refractivity contribution in [2.75, 3.05) is 6.61 Å². The molecule has 0 aliphatic carbocycles. The molecule has 2 aliphatic heterocycles. The van der Waals surface area contributed by atoms with Gasteiger partial charge in [0.05, 0.1) is 6.61 Å². The number of carboxylic acid groups (broad SMARTS) is 2. The molecule has 2 fully saturated rings. The second-order valence-corrected chi connectivity index (χ2v) is 9.71. The molecule has 17 nitrogen and oxygen atoms in total. The number of rotatable bonds is 10. The van der Waals surface area contributed by atoms with E-state index in [0.717, 1.165) is 6.08 Å². The van der Waals surface area contributed by atoms with E-state index in [0.29, 0.717) is 5.56 Å². The summed E-state index contributed by atoms with van der Waals surface area (Å²) >= 11 is 0. The summed E-state index contributed by atoms with van der Waals surface area (Å²) in [5.41, 5.74) is 0.473. The predicted octanol–water partition coefficient (Wildman–Crippen LogP) is -3.72. The van der Waals surface area contributed by atoms with Crippen molar-refractivity contribution in [2.24, 2.45) is 0 Å². The molecule has 10 atom stereocenters. The lowest BCUT2D eigenvalue weighted by molar-refractivity contribution is -0.331. The number of hydrogen-bond acceptors (Lipinski definition) is 13. The zero-order valence-corrected chi connectivity index (χ0v) is 20.5. The molecule has 3 rings (SSSR count). The second kappa shape index (κ2) is 12.6. The maximum atomic E-state index is 11.9. The van der Waals surface area contributed by atoms with Crippen LogP contribution < -0.4 is 9.46 Å². The third-order valence-corrected chi connectivity index (χ3v) is 6.37. The van der Waals surface area contributed by atoms with E-state index in [1.54, 1.807) is 4.72 Å². The Labute approximate surface area is 220 Å². The topological polar surface area (TPSA) is 279 Å². The molecule has 1 aromatic carbocycles. The summed E-state index contributed by atoms with van der Waals surface area (Å²) in [6.07, 6.45) is -15.1. The molecule has 0 bridgehead atoms. The number of aliphatic carboxylic acids is 2. The van der Waals surface area contributed by atoms with Crippen molar-refractivity contribution in [3.8, 4) is 5.75 Å². The van der Waals surface area contributed by atoms with Crippen LogP contribution in [0.3, 0.4) is 0 Å². The number of carboxylic acids is 2. The summed E-state index contributed by atoms with van der Waals surface area (Å²) in [7, 11) is -5.04. The highest BCUT2D eigenvalue weighted by Crippen LogP contribution is 2.31. The summed E-state index contributed by atoms with van der Waals surface area (Å²) in [5.74, 6) is -2.85. The lowest BCUT2D eigenvalue weighted by Crippen LogP contribution is -2.68. The molecule has 0 amide bonds. The van der Waals surface area contributed by atoms with Gasteiger partial charge in [0.25, 0.3) is 0 Å². The van der Waals surface area contributed by atoms with Crippen LogP contribution in [-0.2, 0) is 34.1 Å². The van der Waals surface area contributed by atoms with Crippen molar-refractivity contribution < 1.29 is 77.3 Å². The molecule has 9 N–H and O–H groups in total. The van der Waals surface area contributed by atoms with Gasteiger partial charge >= 0.3 is 22.2 Å². The van der Waals surface area contributed by atoms with Gasteiger partial charge < -0.3 is 54.7 Å². The van der Waals surface area contributed by atoms with Crippen LogP contribution in [-0.4, -0.2) is 129 Å². The SMILES string of the molecule is O=C(O)/C=C/c1ccc(O[C@@H]2O[C@H](C(=O)O)[C@@H](O[C@H]3O[C@H](CO)[C@@H](O)[C@H](O)[C@H]3NS(=O)(=O)O)[C@H](O)[C@H]2O)cc1. The smallest absolute Gasteiger partial charge is 0.335 e. The number of hydrogen-bond donors (Lipinski definition) is 9. The van der Waals surface area contributed by atoms with E-state index in [1.165, 1.54) is 30.3 Å². The Morgan fingerprint density at radius 1 is 0.949 bits per heavy atom. The maximum absolute atomic E-state index is 11.9. The highest BCUT2D eigenvalue weighted by molar-refractivity contribution is 7.83. The summed E-state index contributed by atoms with van der Waals surface area (Å²) in [5, 5.41) is 69.4. The fraction of sp³-hybridized carbons (Fsp3) is 0.524. The first kappa shape index (κ1) is 30.8. The summed E-state index contributed by atoms with van der Waals surface area (Å²) in [4.78, 5) is 22.6. The number of nitrogens with one attached hydrogen (secondary N) is 1. The van der Waals surface area contributed by atoms with E-state index >= 15 is 0 Å². The molecule has 2 saturated heterocycles. The lowest BCUT2D eigenvalue weighted by atomic mass is 9.96. The zero-order chi connectivity index (χ0) is 29.1. The van der Waals surface area contributed by atoms with Crippen LogP contribution in [0, 0.1) is 0 Å². The molecule has 0 saturated carbocycles. The van der Waals surface area contributed by atoms with E-state index in [9.17, 15) is 48.6 Å². The van der Waals surface area contributed by atoms with Crippen LogP contribution in [0.25, 0.3) is 6.08 Å². The molecule has 0 unspecified atom stereocenters. The van der Waals surface area contributed by atoms with Gasteiger partial charge in [-0.05, 0) is 23.8 Å². The average molecular weight is 582 g/mol. The van der Waals surface area contributed by atoms with Crippen LogP contribution in [0.2, 0.25) is 0 Å². The fourth-order valence-electron chi connectivity index (χ4n) is 3.89. The minimum absolute atomic E-state index is 0.0400. The molecular weight excluding hydrogens is 554 g/mol. The molecule has 0 radical (unpaired) electrons. The molecule has 0 spiro atoms. The van der Waals surface area contributed by atoms with Crippen molar-refractivity contribution in [1.29, 1.82) is 0 Å². The van der Waals surface area contributed by atoms with E-state index in [4.69, 9.17) is 28.6 Å². The number of ether oxygens (including phenoxy) is 4. The number of carbonyl (C=O) groups is 2. The van der Waals surface area contributed by atoms with Gasteiger partial charge in [0, 0.05) is 6.08 Å². The highest BCUT2D eigenvalue weighted by Gasteiger charge is 2.54. The largest absolute Gasteiger partial charge is 0.479 e. The van der Waals surface area contributed by atoms with Gasteiger partial charge in [-0.2, -0.15) is 13.1 Å². The number of aliphatic hydroxyl groups is 5. The van der Waals surface area contributed by atoms with Gasteiger partial charge in [-0.15, -0.1) is 0 Å². The molecule has 0 aromatic heterocycles. The van der Waals surface area contributed by atoms with Gasteiger partial charge in [-0.3, -0.25) is 4.55 Å². The monoisotopic (exact) mass is 581 g/mol. The molecule has 18 heteroatoms.